The Morgan fingerprint density at radius 1 is 1.40 bits per heavy atom. The highest BCUT2D eigenvalue weighted by molar-refractivity contribution is 5.81. The Kier molecular flexibility index (Phi) is 6.13. The maximum atomic E-state index is 12.0. The first kappa shape index (κ1) is 18.9. The minimum absolute atomic E-state index is 0.0189. The Bertz CT molecular complexity index is 753. The number of aromatic amines is 1. The summed E-state index contributed by atoms with van der Waals surface area (Å²) in [5.41, 5.74) is -0.618. The molecule has 2 rings (SSSR count). The first-order valence-corrected chi connectivity index (χ1v) is 8.23. The van der Waals surface area contributed by atoms with Crippen LogP contribution in [-0.2, 0) is 19.1 Å². The largest absolute Gasteiger partial charge is 0.459 e. The van der Waals surface area contributed by atoms with Gasteiger partial charge in [-0.15, -0.1) is 0 Å². The molecule has 1 amide bonds. The van der Waals surface area contributed by atoms with E-state index in [4.69, 9.17) is 9.47 Å². The summed E-state index contributed by atoms with van der Waals surface area (Å²) in [6.07, 6.45) is 0.894. The average molecular weight is 353 g/mol. The number of hydrogen-bond acceptors (Lipinski definition) is 6. The molecule has 2 heterocycles. The normalized spacial score (nSPS) is 22.6. The lowest BCUT2D eigenvalue weighted by Gasteiger charge is -2.17. The van der Waals surface area contributed by atoms with E-state index in [1.54, 1.807) is 6.92 Å². The van der Waals surface area contributed by atoms with Gasteiger partial charge < -0.3 is 14.8 Å². The molecule has 0 saturated carbocycles. The summed E-state index contributed by atoms with van der Waals surface area (Å²) in [5.74, 6) is -0.721. The van der Waals surface area contributed by atoms with Crippen LogP contribution in [0.15, 0.2) is 15.8 Å². The summed E-state index contributed by atoms with van der Waals surface area (Å²) in [5, 5.41) is 2.44. The summed E-state index contributed by atoms with van der Waals surface area (Å²) in [6.45, 7) is 3.48. The molecule has 1 saturated heterocycles. The predicted octanol–water partition coefficient (Wildman–Crippen LogP) is -0.0195. The second-order valence-electron chi connectivity index (χ2n) is 5.95. The van der Waals surface area contributed by atoms with Crippen LogP contribution in [0.1, 0.15) is 44.4 Å². The zero-order valence-electron chi connectivity index (χ0n) is 14.5. The first-order valence-electron chi connectivity index (χ1n) is 8.23. The lowest BCUT2D eigenvalue weighted by Crippen LogP contribution is -2.33. The van der Waals surface area contributed by atoms with Gasteiger partial charge >= 0.3 is 11.7 Å². The lowest BCUT2D eigenvalue weighted by atomic mass is 10.1. The van der Waals surface area contributed by atoms with Crippen molar-refractivity contribution in [3.63, 3.8) is 0 Å². The van der Waals surface area contributed by atoms with Gasteiger partial charge in [0, 0.05) is 31.6 Å². The maximum Gasteiger partial charge on any atom is 0.330 e. The minimum atomic E-state index is -0.621. The van der Waals surface area contributed by atoms with Crippen molar-refractivity contribution in [2.45, 2.75) is 58.0 Å². The Morgan fingerprint density at radius 3 is 2.76 bits per heavy atom. The van der Waals surface area contributed by atoms with Crippen molar-refractivity contribution in [2.75, 3.05) is 7.05 Å². The highest BCUT2D eigenvalue weighted by Crippen LogP contribution is 2.31. The summed E-state index contributed by atoms with van der Waals surface area (Å²) in [6, 6.07) is 0. The molecule has 1 aromatic heterocycles. The van der Waals surface area contributed by atoms with E-state index in [1.165, 1.54) is 17.8 Å². The Balaban J connectivity index is 2.06. The molecule has 138 valence electrons. The second kappa shape index (κ2) is 8.11. The predicted molar refractivity (Wildman–Crippen MR) is 88.1 cm³/mol. The molecule has 0 radical (unpaired) electrons. The van der Waals surface area contributed by atoms with Gasteiger partial charge in [-0.05, 0) is 13.3 Å². The molecule has 1 aromatic rings. The number of aromatic nitrogens is 2. The highest BCUT2D eigenvalue weighted by atomic mass is 16.6. The highest BCUT2D eigenvalue weighted by Gasteiger charge is 2.38. The fourth-order valence-corrected chi connectivity index (χ4v) is 2.73. The summed E-state index contributed by atoms with van der Waals surface area (Å²) < 4.78 is 12.5. The van der Waals surface area contributed by atoms with E-state index < -0.39 is 29.6 Å². The molecular weight excluding hydrogens is 330 g/mol. The van der Waals surface area contributed by atoms with E-state index in [-0.39, 0.29) is 24.9 Å². The lowest BCUT2D eigenvalue weighted by molar-refractivity contribution is -0.153. The number of carbonyl (C=O) groups excluding carboxylic acids is 2. The van der Waals surface area contributed by atoms with E-state index in [9.17, 15) is 19.2 Å². The van der Waals surface area contributed by atoms with Crippen molar-refractivity contribution >= 4 is 11.9 Å². The third-order valence-electron chi connectivity index (χ3n) is 4.16. The standard InChI is InChI=1S/C16H23N3O6/c1-4-10-11(25-14(21)6-5-12(20)17-3)7-13(24-10)19-8-9(2)15(22)18-16(19)23/h8,10-11,13H,4-7H2,1-3H3,(H,17,20)(H,18,22,23)/t10-,11?,13-/m1/s1. The number of ether oxygens (including phenoxy) is 2. The summed E-state index contributed by atoms with van der Waals surface area (Å²) in [4.78, 5) is 48.8. The molecule has 2 N–H and O–H groups in total. The molecule has 0 spiro atoms. The van der Waals surface area contributed by atoms with Crippen molar-refractivity contribution in [3.05, 3.63) is 32.6 Å². The summed E-state index contributed by atoms with van der Waals surface area (Å²) >= 11 is 0. The topological polar surface area (TPSA) is 119 Å². The molecule has 3 atom stereocenters. The number of rotatable bonds is 6. The Labute approximate surface area is 144 Å². The van der Waals surface area contributed by atoms with Gasteiger partial charge in [0.15, 0.2) is 0 Å². The van der Waals surface area contributed by atoms with Crippen LogP contribution in [0.4, 0.5) is 0 Å². The van der Waals surface area contributed by atoms with Gasteiger partial charge in [-0.2, -0.15) is 0 Å². The van der Waals surface area contributed by atoms with Crippen molar-refractivity contribution in [1.82, 2.24) is 14.9 Å². The zero-order valence-corrected chi connectivity index (χ0v) is 14.5. The van der Waals surface area contributed by atoms with Crippen LogP contribution >= 0.6 is 0 Å². The van der Waals surface area contributed by atoms with Crippen LogP contribution in [0.5, 0.6) is 0 Å². The molecule has 1 fully saturated rings. The van der Waals surface area contributed by atoms with Crippen LogP contribution in [0, 0.1) is 6.92 Å². The number of amides is 1. The van der Waals surface area contributed by atoms with Gasteiger partial charge in [0.2, 0.25) is 5.91 Å². The smallest absolute Gasteiger partial charge is 0.330 e. The molecule has 1 unspecified atom stereocenters. The molecular formula is C16H23N3O6. The first-order chi connectivity index (χ1) is 11.8. The zero-order chi connectivity index (χ0) is 18.6. The van der Waals surface area contributed by atoms with Gasteiger partial charge in [-0.25, -0.2) is 4.79 Å². The maximum absolute atomic E-state index is 12.0. The fourth-order valence-electron chi connectivity index (χ4n) is 2.73. The third kappa shape index (κ3) is 4.56. The molecule has 9 nitrogen and oxygen atoms in total. The third-order valence-corrected chi connectivity index (χ3v) is 4.16. The Morgan fingerprint density at radius 2 is 2.12 bits per heavy atom. The van der Waals surface area contributed by atoms with Crippen molar-refractivity contribution < 1.29 is 19.1 Å². The number of nitrogens with one attached hydrogen (secondary N) is 2. The van der Waals surface area contributed by atoms with Crippen LogP contribution in [0.25, 0.3) is 0 Å². The second-order valence-corrected chi connectivity index (χ2v) is 5.95. The number of aryl methyl sites for hydroxylation is 1. The van der Waals surface area contributed by atoms with Gasteiger partial charge in [0.1, 0.15) is 12.3 Å². The van der Waals surface area contributed by atoms with Crippen molar-refractivity contribution in [1.29, 1.82) is 0 Å². The number of carbonyl (C=O) groups is 2. The van der Waals surface area contributed by atoms with Gasteiger partial charge in [-0.3, -0.25) is 23.9 Å². The monoisotopic (exact) mass is 353 g/mol. The van der Waals surface area contributed by atoms with Crippen molar-refractivity contribution in [3.8, 4) is 0 Å². The number of esters is 1. The van der Waals surface area contributed by atoms with E-state index in [0.29, 0.717) is 18.4 Å². The molecule has 0 aliphatic carbocycles. The molecule has 1 aliphatic rings. The summed E-state index contributed by atoms with van der Waals surface area (Å²) in [7, 11) is 1.50. The average Bonchev–Trinajstić information content (AvgIpc) is 2.98. The van der Waals surface area contributed by atoms with E-state index in [1.807, 2.05) is 6.92 Å². The van der Waals surface area contributed by atoms with Crippen LogP contribution < -0.4 is 16.6 Å². The minimum Gasteiger partial charge on any atom is -0.459 e. The van der Waals surface area contributed by atoms with Crippen LogP contribution in [0.2, 0.25) is 0 Å². The Hall–Kier alpha value is -2.42. The van der Waals surface area contributed by atoms with E-state index >= 15 is 0 Å². The molecule has 0 bridgehead atoms. The fraction of sp³-hybridized carbons (Fsp3) is 0.625. The number of H-pyrrole nitrogens is 1. The number of hydrogen-bond donors (Lipinski definition) is 2. The van der Waals surface area contributed by atoms with Gasteiger partial charge in [-0.1, -0.05) is 6.92 Å². The van der Waals surface area contributed by atoms with Gasteiger partial charge in [0.25, 0.3) is 5.56 Å². The van der Waals surface area contributed by atoms with Crippen molar-refractivity contribution in [2.24, 2.45) is 0 Å². The quantitative estimate of drug-likeness (QED) is 0.694. The molecule has 0 aromatic carbocycles. The van der Waals surface area contributed by atoms with Crippen LogP contribution in [-0.4, -0.2) is 40.7 Å². The molecule has 9 heteroatoms. The number of nitrogens with zero attached hydrogens (tertiary/aromatic N) is 1. The SMILES string of the molecule is CC[C@H]1O[C@@H](n2cc(C)c(=O)[nH]c2=O)CC1OC(=O)CCC(=O)NC. The van der Waals surface area contributed by atoms with E-state index in [2.05, 4.69) is 10.3 Å². The van der Waals surface area contributed by atoms with E-state index in [0.717, 1.165) is 0 Å². The van der Waals surface area contributed by atoms with Crippen LogP contribution in [0.3, 0.4) is 0 Å². The molecule has 1 aliphatic heterocycles. The molecule has 25 heavy (non-hydrogen) atoms. The van der Waals surface area contributed by atoms with Gasteiger partial charge in [0.05, 0.1) is 12.5 Å².